The largest absolute Gasteiger partial charge is 0.454 e. The van der Waals surface area contributed by atoms with Crippen molar-refractivity contribution < 1.29 is 18.5 Å². The molecule has 0 bridgehead atoms. The molecule has 35 heavy (non-hydrogen) atoms. The molecule has 0 saturated carbocycles. The number of ether oxygens (including phenoxy) is 1. The number of carbonyl (C=O) groups excluding carboxylic acids is 2. The zero-order valence-electron chi connectivity index (χ0n) is 20.4. The fraction of sp³-hybridized carbons (Fsp3) is 0.286. The van der Waals surface area contributed by atoms with Crippen molar-refractivity contribution in [1.82, 2.24) is 4.72 Å². The molecule has 0 aliphatic rings. The van der Waals surface area contributed by atoms with Gasteiger partial charge in [0.15, 0.2) is 0 Å². The standard InChI is InChI=1S/C28H31NO4S2/c1-20-15-17-23(18-16-20)35(32)29-25(21-11-7-5-8-12-21)24(19-34-22-13-9-6-10-14-22)26(30)27(31)33-28(2,3)4/h5-18,24-25,29H,19H2,1-4H3/t24-,25+,35?/m1/s1. The first-order valence-electron chi connectivity index (χ1n) is 11.4. The lowest BCUT2D eigenvalue weighted by Crippen LogP contribution is -2.41. The summed E-state index contributed by atoms with van der Waals surface area (Å²) in [5, 5.41) is 0. The Morgan fingerprint density at radius 2 is 1.49 bits per heavy atom. The highest BCUT2D eigenvalue weighted by Crippen LogP contribution is 2.31. The quantitative estimate of drug-likeness (QED) is 0.217. The average molecular weight is 510 g/mol. The van der Waals surface area contributed by atoms with E-state index in [0.29, 0.717) is 10.6 Å². The number of aryl methyl sites for hydroxylation is 1. The van der Waals surface area contributed by atoms with Gasteiger partial charge in [0.2, 0.25) is 5.78 Å². The molecule has 1 N–H and O–H groups in total. The predicted molar refractivity (Wildman–Crippen MR) is 141 cm³/mol. The summed E-state index contributed by atoms with van der Waals surface area (Å²) in [7, 11) is -1.60. The molecule has 3 aromatic carbocycles. The van der Waals surface area contributed by atoms with Crippen molar-refractivity contribution in [3.63, 3.8) is 0 Å². The predicted octanol–water partition coefficient (Wildman–Crippen LogP) is 5.67. The van der Waals surface area contributed by atoms with Crippen molar-refractivity contribution in [2.45, 2.75) is 49.1 Å². The molecular weight excluding hydrogens is 478 g/mol. The summed E-state index contributed by atoms with van der Waals surface area (Å²) in [6, 6.07) is 25.7. The Kier molecular flexibility index (Phi) is 9.43. The lowest BCUT2D eigenvalue weighted by molar-refractivity contribution is -0.164. The molecule has 0 spiro atoms. The highest BCUT2D eigenvalue weighted by Gasteiger charge is 2.37. The zero-order valence-corrected chi connectivity index (χ0v) is 22.0. The van der Waals surface area contributed by atoms with E-state index in [1.807, 2.05) is 79.7 Å². The number of nitrogens with one attached hydrogen (secondary N) is 1. The minimum Gasteiger partial charge on any atom is -0.454 e. The van der Waals surface area contributed by atoms with Gasteiger partial charge in [0.25, 0.3) is 0 Å². The maximum atomic E-state index is 13.5. The Balaban J connectivity index is 1.96. The fourth-order valence-corrected chi connectivity index (χ4v) is 5.51. The van der Waals surface area contributed by atoms with E-state index in [4.69, 9.17) is 4.74 Å². The number of Topliss-reactive ketones (excluding diaryl/α,β-unsaturated/α-hetero) is 1. The molecular formula is C28H31NO4S2. The molecule has 0 amide bonds. The van der Waals surface area contributed by atoms with E-state index in [1.165, 1.54) is 11.8 Å². The van der Waals surface area contributed by atoms with E-state index in [9.17, 15) is 13.8 Å². The number of thioether (sulfide) groups is 1. The number of esters is 1. The van der Waals surface area contributed by atoms with E-state index in [-0.39, 0.29) is 0 Å². The molecule has 0 heterocycles. The van der Waals surface area contributed by atoms with Crippen molar-refractivity contribution in [1.29, 1.82) is 0 Å². The lowest BCUT2D eigenvalue weighted by atomic mass is 9.91. The van der Waals surface area contributed by atoms with Crippen LogP contribution in [0.25, 0.3) is 0 Å². The summed E-state index contributed by atoms with van der Waals surface area (Å²) in [4.78, 5) is 27.9. The zero-order chi connectivity index (χ0) is 25.4. The van der Waals surface area contributed by atoms with Crippen molar-refractivity contribution in [2.24, 2.45) is 5.92 Å². The van der Waals surface area contributed by atoms with Gasteiger partial charge >= 0.3 is 5.97 Å². The van der Waals surface area contributed by atoms with Crippen LogP contribution in [0.15, 0.2) is 94.7 Å². The summed E-state index contributed by atoms with van der Waals surface area (Å²) in [6.07, 6.45) is 0. The van der Waals surface area contributed by atoms with E-state index in [2.05, 4.69) is 4.72 Å². The SMILES string of the molecule is Cc1ccc(S(=O)N[C@@H](c2ccccc2)[C@@H](CSc2ccccc2)C(=O)C(=O)OC(C)(C)C)cc1. The van der Waals surface area contributed by atoms with Gasteiger partial charge in [-0.1, -0.05) is 66.2 Å². The van der Waals surface area contributed by atoms with Crippen LogP contribution in [-0.4, -0.2) is 27.3 Å². The van der Waals surface area contributed by atoms with Crippen LogP contribution in [0.4, 0.5) is 0 Å². The minimum atomic E-state index is -1.60. The summed E-state index contributed by atoms with van der Waals surface area (Å²) in [5.41, 5.74) is 1.02. The second-order valence-electron chi connectivity index (χ2n) is 9.18. The van der Waals surface area contributed by atoms with Gasteiger partial charge < -0.3 is 4.74 Å². The molecule has 0 fully saturated rings. The van der Waals surface area contributed by atoms with Crippen molar-refractivity contribution in [3.8, 4) is 0 Å². The molecule has 184 valence electrons. The lowest BCUT2D eigenvalue weighted by Gasteiger charge is -2.28. The number of hydrogen-bond donors (Lipinski definition) is 1. The summed E-state index contributed by atoms with van der Waals surface area (Å²) in [5.74, 6) is -2.04. The monoisotopic (exact) mass is 509 g/mol. The molecule has 0 saturated heterocycles. The summed E-state index contributed by atoms with van der Waals surface area (Å²) >= 11 is 1.47. The smallest absolute Gasteiger partial charge is 0.375 e. The first kappa shape index (κ1) is 26.9. The van der Waals surface area contributed by atoms with Gasteiger partial charge in [-0.25, -0.2) is 13.7 Å². The Labute approximate surface area is 214 Å². The molecule has 3 aromatic rings. The van der Waals surface area contributed by atoms with Gasteiger partial charge in [-0.15, -0.1) is 11.8 Å². The van der Waals surface area contributed by atoms with Crippen molar-refractivity contribution in [3.05, 3.63) is 96.1 Å². The highest BCUT2D eigenvalue weighted by molar-refractivity contribution is 7.99. The molecule has 1 unspecified atom stereocenters. The van der Waals surface area contributed by atoms with Crippen LogP contribution < -0.4 is 4.72 Å². The van der Waals surface area contributed by atoms with E-state index in [0.717, 1.165) is 16.0 Å². The Morgan fingerprint density at radius 3 is 2.06 bits per heavy atom. The third kappa shape index (κ3) is 8.16. The van der Waals surface area contributed by atoms with Crippen LogP contribution >= 0.6 is 11.8 Å². The molecule has 0 radical (unpaired) electrons. The Hall–Kier alpha value is -2.74. The van der Waals surface area contributed by atoms with Gasteiger partial charge in [-0.05, 0) is 57.5 Å². The highest BCUT2D eigenvalue weighted by atomic mass is 32.2. The van der Waals surface area contributed by atoms with Crippen molar-refractivity contribution >= 4 is 34.5 Å². The number of carbonyl (C=O) groups is 2. The molecule has 5 nitrogen and oxygen atoms in total. The second-order valence-corrected chi connectivity index (χ2v) is 11.5. The number of rotatable bonds is 10. The average Bonchev–Trinajstić information content (AvgIpc) is 2.83. The number of hydrogen-bond acceptors (Lipinski definition) is 5. The van der Waals surface area contributed by atoms with Crippen LogP contribution in [0.1, 0.15) is 37.9 Å². The van der Waals surface area contributed by atoms with Crippen molar-refractivity contribution in [2.75, 3.05) is 5.75 Å². The van der Waals surface area contributed by atoms with Crippen LogP contribution in [0, 0.1) is 12.8 Å². The van der Waals surface area contributed by atoms with Crippen LogP contribution in [0.3, 0.4) is 0 Å². The van der Waals surface area contributed by atoms with Crippen LogP contribution in [0.5, 0.6) is 0 Å². The molecule has 0 aliphatic carbocycles. The molecule has 3 rings (SSSR count). The van der Waals surface area contributed by atoms with E-state index >= 15 is 0 Å². The van der Waals surface area contributed by atoms with E-state index < -0.39 is 40.3 Å². The summed E-state index contributed by atoms with van der Waals surface area (Å²) < 4.78 is 21.9. The Morgan fingerprint density at radius 1 is 0.914 bits per heavy atom. The number of ketones is 1. The van der Waals surface area contributed by atoms with E-state index in [1.54, 1.807) is 32.9 Å². The first-order valence-corrected chi connectivity index (χ1v) is 13.5. The summed E-state index contributed by atoms with van der Waals surface area (Å²) in [6.45, 7) is 7.14. The fourth-order valence-electron chi connectivity index (χ4n) is 3.39. The number of benzene rings is 3. The van der Waals surface area contributed by atoms with Gasteiger partial charge in [0, 0.05) is 10.6 Å². The van der Waals surface area contributed by atoms with Gasteiger partial charge in [0.05, 0.1) is 16.9 Å². The normalized spacial score (nSPS) is 14.1. The minimum absolute atomic E-state index is 0.305. The van der Waals surface area contributed by atoms with Gasteiger partial charge in [-0.3, -0.25) is 4.79 Å². The molecule has 0 aliphatic heterocycles. The van der Waals surface area contributed by atoms with Gasteiger partial charge in [0.1, 0.15) is 16.6 Å². The topological polar surface area (TPSA) is 72.5 Å². The maximum Gasteiger partial charge on any atom is 0.375 e. The third-order valence-electron chi connectivity index (χ3n) is 5.14. The third-order valence-corrected chi connectivity index (χ3v) is 7.44. The van der Waals surface area contributed by atoms with Crippen LogP contribution in [0.2, 0.25) is 0 Å². The maximum absolute atomic E-state index is 13.5. The molecule has 0 aromatic heterocycles. The Bertz CT molecular complexity index is 1140. The van der Waals surface area contributed by atoms with Gasteiger partial charge in [-0.2, -0.15) is 0 Å². The first-order chi connectivity index (χ1) is 16.6. The molecule has 3 atom stereocenters. The molecule has 7 heteroatoms. The van der Waals surface area contributed by atoms with Crippen LogP contribution in [-0.2, 0) is 25.3 Å². The second kappa shape index (κ2) is 12.3.